The molecule has 0 radical (unpaired) electrons. The van der Waals surface area contributed by atoms with E-state index < -0.39 is 0 Å². The summed E-state index contributed by atoms with van der Waals surface area (Å²) in [6.45, 7) is 2.18. The van der Waals surface area contributed by atoms with Crippen LogP contribution in [0.2, 0.25) is 10.2 Å². The molecule has 1 aromatic carbocycles. The lowest BCUT2D eigenvalue weighted by Crippen LogP contribution is -1.99. The van der Waals surface area contributed by atoms with E-state index in [1.54, 1.807) is 25.3 Å². The lowest BCUT2D eigenvalue weighted by molar-refractivity contribution is 0.177. The fourth-order valence-electron chi connectivity index (χ4n) is 1.49. The Bertz CT molecular complexity index is 591. The molecule has 0 aliphatic heterocycles. The Balaban J connectivity index is 2.24. The van der Waals surface area contributed by atoms with Crippen molar-refractivity contribution in [3.8, 4) is 11.6 Å². The average Bonchev–Trinajstić information content (AvgIpc) is 2.33. The minimum absolute atomic E-state index is 0.274. The quantitative estimate of drug-likeness (QED) is 0.799. The number of rotatable bonds is 4. The van der Waals surface area contributed by atoms with Crippen LogP contribution in [-0.4, -0.2) is 17.1 Å². The highest BCUT2D eigenvalue weighted by molar-refractivity contribution is 6.31. The Morgan fingerprint density at radius 3 is 2.63 bits per heavy atom. The van der Waals surface area contributed by atoms with E-state index in [-0.39, 0.29) is 6.61 Å². The lowest BCUT2D eigenvalue weighted by Gasteiger charge is -2.08. The van der Waals surface area contributed by atoms with Crippen LogP contribution in [0.5, 0.6) is 11.6 Å². The number of ether oxygens (including phenoxy) is 2. The van der Waals surface area contributed by atoms with Gasteiger partial charge in [0.2, 0.25) is 5.88 Å². The van der Waals surface area contributed by atoms with Gasteiger partial charge in [-0.1, -0.05) is 23.2 Å². The number of methoxy groups -OCH3 is 1. The van der Waals surface area contributed by atoms with E-state index in [4.69, 9.17) is 32.7 Å². The number of nitrogens with zero attached hydrogens (tertiary/aromatic N) is 2. The third-order valence-electron chi connectivity index (χ3n) is 2.34. The maximum atomic E-state index is 5.96. The van der Waals surface area contributed by atoms with Gasteiger partial charge < -0.3 is 9.47 Å². The summed E-state index contributed by atoms with van der Waals surface area (Å²) in [4.78, 5) is 8.22. The first-order valence-electron chi connectivity index (χ1n) is 5.55. The molecule has 0 N–H and O–H groups in total. The summed E-state index contributed by atoms with van der Waals surface area (Å²) >= 11 is 11.9. The van der Waals surface area contributed by atoms with Crippen molar-refractivity contribution in [2.45, 2.75) is 13.5 Å². The topological polar surface area (TPSA) is 44.2 Å². The summed E-state index contributed by atoms with van der Waals surface area (Å²) in [5.74, 6) is 1.48. The Labute approximate surface area is 121 Å². The zero-order valence-corrected chi connectivity index (χ0v) is 12.0. The van der Waals surface area contributed by atoms with Crippen molar-refractivity contribution in [3.63, 3.8) is 0 Å². The summed E-state index contributed by atoms with van der Waals surface area (Å²) in [5.41, 5.74) is 0.927. The highest BCUT2D eigenvalue weighted by Crippen LogP contribution is 2.26. The van der Waals surface area contributed by atoms with E-state index in [1.807, 2.05) is 13.0 Å². The molecule has 0 aliphatic rings. The van der Waals surface area contributed by atoms with E-state index in [0.29, 0.717) is 27.6 Å². The van der Waals surface area contributed by atoms with Crippen LogP contribution in [-0.2, 0) is 11.3 Å². The Morgan fingerprint density at radius 2 is 1.95 bits per heavy atom. The fraction of sp³-hybridized carbons (Fsp3) is 0.231. The summed E-state index contributed by atoms with van der Waals surface area (Å²) in [7, 11) is 1.56. The molecular formula is C13H12Cl2N2O2. The summed E-state index contributed by atoms with van der Waals surface area (Å²) in [5, 5.41) is 0.996. The van der Waals surface area contributed by atoms with Gasteiger partial charge in [-0.15, -0.1) is 0 Å². The first kappa shape index (κ1) is 14.1. The van der Waals surface area contributed by atoms with Crippen molar-refractivity contribution < 1.29 is 9.47 Å². The number of aromatic nitrogens is 2. The largest absolute Gasteiger partial charge is 0.439 e. The predicted octanol–water partition coefficient (Wildman–Crippen LogP) is 4.03. The summed E-state index contributed by atoms with van der Waals surface area (Å²) in [6.07, 6.45) is 0. The van der Waals surface area contributed by atoms with E-state index in [9.17, 15) is 0 Å². The Morgan fingerprint density at radius 1 is 1.16 bits per heavy atom. The van der Waals surface area contributed by atoms with Crippen molar-refractivity contribution in [2.24, 2.45) is 0 Å². The second-order valence-corrected chi connectivity index (χ2v) is 4.69. The molecule has 6 heteroatoms. The van der Waals surface area contributed by atoms with Gasteiger partial charge in [0.25, 0.3) is 0 Å². The molecule has 100 valence electrons. The van der Waals surface area contributed by atoms with Crippen LogP contribution in [0.4, 0.5) is 0 Å². The molecule has 1 aromatic heterocycles. The van der Waals surface area contributed by atoms with Gasteiger partial charge in [0, 0.05) is 18.2 Å². The monoisotopic (exact) mass is 298 g/mol. The van der Waals surface area contributed by atoms with E-state index in [0.717, 1.165) is 5.56 Å². The molecule has 2 rings (SSSR count). The number of aryl methyl sites for hydroxylation is 1. The third kappa shape index (κ3) is 3.80. The third-order valence-corrected chi connectivity index (χ3v) is 2.96. The maximum Gasteiger partial charge on any atom is 0.224 e. The predicted molar refractivity (Wildman–Crippen MR) is 74.0 cm³/mol. The SMILES string of the molecule is COCc1nc(Cl)cc(Oc2ccc(Cl)c(C)c2)n1. The maximum absolute atomic E-state index is 5.96. The number of benzene rings is 1. The van der Waals surface area contributed by atoms with E-state index >= 15 is 0 Å². The molecule has 19 heavy (non-hydrogen) atoms. The molecule has 0 fully saturated rings. The molecule has 0 atom stereocenters. The summed E-state index contributed by atoms with van der Waals surface area (Å²) < 4.78 is 10.6. The second-order valence-electron chi connectivity index (χ2n) is 3.89. The van der Waals surface area contributed by atoms with Crippen molar-refractivity contribution in [3.05, 3.63) is 45.8 Å². The van der Waals surface area contributed by atoms with Crippen LogP contribution in [0.15, 0.2) is 24.3 Å². The molecule has 1 heterocycles. The van der Waals surface area contributed by atoms with Gasteiger partial charge in [-0.05, 0) is 30.7 Å². The molecule has 0 saturated heterocycles. The first-order valence-corrected chi connectivity index (χ1v) is 6.30. The van der Waals surface area contributed by atoms with Crippen LogP contribution in [0.25, 0.3) is 0 Å². The molecule has 0 spiro atoms. The van der Waals surface area contributed by atoms with Gasteiger partial charge in [-0.3, -0.25) is 0 Å². The molecule has 0 amide bonds. The minimum Gasteiger partial charge on any atom is -0.439 e. The molecule has 0 aliphatic carbocycles. The molecular weight excluding hydrogens is 287 g/mol. The smallest absolute Gasteiger partial charge is 0.224 e. The van der Waals surface area contributed by atoms with Gasteiger partial charge in [0.1, 0.15) is 17.5 Å². The van der Waals surface area contributed by atoms with Crippen LogP contribution in [0, 0.1) is 6.92 Å². The highest BCUT2D eigenvalue weighted by atomic mass is 35.5. The normalized spacial score (nSPS) is 10.5. The van der Waals surface area contributed by atoms with Crippen molar-refractivity contribution in [2.75, 3.05) is 7.11 Å². The molecule has 2 aromatic rings. The van der Waals surface area contributed by atoms with Gasteiger partial charge >= 0.3 is 0 Å². The minimum atomic E-state index is 0.274. The van der Waals surface area contributed by atoms with E-state index in [1.165, 1.54) is 0 Å². The molecule has 0 saturated carbocycles. The number of hydrogen-bond donors (Lipinski definition) is 0. The van der Waals surface area contributed by atoms with Gasteiger partial charge in [-0.2, -0.15) is 4.98 Å². The fourth-order valence-corrected chi connectivity index (χ4v) is 1.80. The second kappa shape index (κ2) is 6.19. The van der Waals surface area contributed by atoms with Crippen molar-refractivity contribution >= 4 is 23.2 Å². The number of hydrogen-bond acceptors (Lipinski definition) is 4. The van der Waals surface area contributed by atoms with Crippen LogP contribution >= 0.6 is 23.2 Å². The average molecular weight is 299 g/mol. The van der Waals surface area contributed by atoms with Gasteiger partial charge in [0.05, 0.1) is 0 Å². The van der Waals surface area contributed by atoms with Crippen molar-refractivity contribution in [1.29, 1.82) is 0 Å². The van der Waals surface area contributed by atoms with Gasteiger partial charge in [0.15, 0.2) is 5.82 Å². The zero-order chi connectivity index (χ0) is 13.8. The van der Waals surface area contributed by atoms with Crippen LogP contribution < -0.4 is 4.74 Å². The lowest BCUT2D eigenvalue weighted by atomic mass is 10.2. The standard InChI is InChI=1S/C13H12Cl2N2O2/c1-8-5-9(3-4-10(8)14)19-13-6-11(15)16-12(17-13)7-18-2/h3-6H,7H2,1-2H3. The molecule has 4 nitrogen and oxygen atoms in total. The molecule has 0 bridgehead atoms. The number of halogens is 2. The van der Waals surface area contributed by atoms with Crippen molar-refractivity contribution in [1.82, 2.24) is 9.97 Å². The first-order chi connectivity index (χ1) is 9.08. The van der Waals surface area contributed by atoms with Crippen LogP contribution in [0.1, 0.15) is 11.4 Å². The Hall–Kier alpha value is -1.36. The molecule has 0 unspecified atom stereocenters. The highest BCUT2D eigenvalue weighted by Gasteiger charge is 2.06. The zero-order valence-electron chi connectivity index (χ0n) is 10.5. The Kier molecular flexibility index (Phi) is 4.58. The van der Waals surface area contributed by atoms with Crippen LogP contribution in [0.3, 0.4) is 0 Å². The van der Waals surface area contributed by atoms with Gasteiger partial charge in [-0.25, -0.2) is 4.98 Å². The summed E-state index contributed by atoms with van der Waals surface area (Å²) in [6, 6.07) is 6.91. The van der Waals surface area contributed by atoms with E-state index in [2.05, 4.69) is 9.97 Å².